The van der Waals surface area contributed by atoms with Gasteiger partial charge in [-0.3, -0.25) is 4.18 Å². The van der Waals surface area contributed by atoms with Crippen molar-refractivity contribution >= 4 is 44.0 Å². The number of rotatable bonds is 5. The molecule has 2 aromatic rings. The number of nitriles is 1. The predicted octanol–water partition coefficient (Wildman–Crippen LogP) is 6.90. The molecular formula is C25H36Cl2N4O3S2. The maximum Gasteiger partial charge on any atom is 0.264 e. The Morgan fingerprint density at radius 2 is 1.50 bits per heavy atom. The van der Waals surface area contributed by atoms with E-state index in [0.29, 0.717) is 27.4 Å². The van der Waals surface area contributed by atoms with Gasteiger partial charge in [-0.2, -0.15) is 18.0 Å². The second-order valence-corrected chi connectivity index (χ2v) is 12.9. The molecule has 5 atom stereocenters. The Kier molecular flexibility index (Phi) is 13.5. The number of nitrogens with zero attached hydrogens (tertiary/aromatic N) is 4. The molecule has 0 bridgehead atoms. The summed E-state index contributed by atoms with van der Waals surface area (Å²) in [5.74, 6) is 0.861. The van der Waals surface area contributed by atoms with E-state index in [-0.39, 0.29) is 31.6 Å². The Morgan fingerprint density at radius 3 is 1.97 bits per heavy atom. The van der Waals surface area contributed by atoms with Gasteiger partial charge in [-0.15, -0.1) is 0 Å². The normalized spacial score (nSPS) is 24.0. The van der Waals surface area contributed by atoms with Crippen LogP contribution in [0.15, 0.2) is 41.0 Å². The SMILES string of the molecule is C.C.CS(=NC#N)C1CCC(c2ccc(Cl)nc2)C1.CS(=O)(=O)OC1CCC(c2ccc(Cl)nc2)C1. The third kappa shape index (κ3) is 10.1. The fourth-order valence-electron chi connectivity index (χ4n) is 4.53. The summed E-state index contributed by atoms with van der Waals surface area (Å²) < 4.78 is 31.0. The molecule has 7 nitrogen and oxygen atoms in total. The Hall–Kier alpha value is -1.57. The molecule has 11 heteroatoms. The van der Waals surface area contributed by atoms with Crippen molar-refractivity contribution in [3.05, 3.63) is 58.1 Å². The van der Waals surface area contributed by atoms with E-state index in [0.717, 1.165) is 50.3 Å². The molecule has 0 amide bonds. The van der Waals surface area contributed by atoms with Gasteiger partial charge in [-0.1, -0.05) is 60.9 Å². The first-order valence-corrected chi connectivity index (χ1v) is 15.2. The molecule has 0 saturated heterocycles. The van der Waals surface area contributed by atoms with E-state index < -0.39 is 10.1 Å². The first-order valence-electron chi connectivity index (χ1n) is 11.0. The highest BCUT2D eigenvalue weighted by Crippen LogP contribution is 2.37. The fraction of sp³-hybridized carbons (Fsp3) is 0.560. The minimum absolute atomic E-state index is 0. The van der Waals surface area contributed by atoms with Crippen molar-refractivity contribution < 1.29 is 12.6 Å². The van der Waals surface area contributed by atoms with Gasteiger partial charge in [-0.05, 0) is 79.9 Å². The van der Waals surface area contributed by atoms with E-state index in [1.165, 1.54) is 5.56 Å². The maximum absolute atomic E-state index is 11.0. The van der Waals surface area contributed by atoms with Crippen molar-refractivity contribution in [3.8, 4) is 6.19 Å². The number of halogens is 2. The van der Waals surface area contributed by atoms with Crippen molar-refractivity contribution in [1.29, 1.82) is 5.26 Å². The molecular weight excluding hydrogens is 539 g/mol. The Balaban J connectivity index is 0.000000341. The number of hydrogen-bond donors (Lipinski definition) is 0. The summed E-state index contributed by atoms with van der Waals surface area (Å²) >= 11 is 11.5. The minimum Gasteiger partial charge on any atom is -0.267 e. The van der Waals surface area contributed by atoms with Crippen LogP contribution in [0, 0.1) is 11.5 Å². The molecule has 2 aliphatic carbocycles. The quantitative estimate of drug-likeness (QED) is 0.218. The average molecular weight is 576 g/mol. The number of hydrogen-bond acceptors (Lipinski definition) is 7. The third-order valence-electron chi connectivity index (χ3n) is 6.19. The van der Waals surface area contributed by atoms with Crippen molar-refractivity contribution in [1.82, 2.24) is 9.97 Å². The average Bonchev–Trinajstić information content (AvgIpc) is 3.45. The zero-order valence-electron chi connectivity index (χ0n) is 19.1. The summed E-state index contributed by atoms with van der Waals surface area (Å²) in [5.41, 5.74) is 2.35. The first kappa shape index (κ1) is 32.5. The van der Waals surface area contributed by atoms with E-state index in [1.807, 2.05) is 24.5 Å². The lowest BCUT2D eigenvalue weighted by molar-refractivity contribution is 0.218. The van der Waals surface area contributed by atoms with E-state index in [2.05, 4.69) is 26.7 Å². The molecule has 36 heavy (non-hydrogen) atoms. The zero-order chi connectivity index (χ0) is 24.7. The van der Waals surface area contributed by atoms with Gasteiger partial charge in [-0.25, -0.2) is 9.97 Å². The van der Waals surface area contributed by atoms with Crippen LogP contribution in [0.5, 0.6) is 0 Å². The molecule has 2 saturated carbocycles. The topological polar surface area (TPSA) is 105 Å². The molecule has 5 unspecified atom stereocenters. The Bertz CT molecular complexity index is 1140. The molecule has 2 fully saturated rings. The van der Waals surface area contributed by atoms with Gasteiger partial charge >= 0.3 is 0 Å². The lowest BCUT2D eigenvalue weighted by Gasteiger charge is -2.11. The Morgan fingerprint density at radius 1 is 0.972 bits per heavy atom. The van der Waals surface area contributed by atoms with E-state index in [4.69, 9.17) is 32.6 Å². The van der Waals surface area contributed by atoms with Gasteiger partial charge in [0.15, 0.2) is 0 Å². The second kappa shape index (κ2) is 15.0. The maximum atomic E-state index is 11.0. The highest BCUT2D eigenvalue weighted by molar-refractivity contribution is 7.87. The molecule has 200 valence electrons. The summed E-state index contributed by atoms with van der Waals surface area (Å²) in [5, 5.41) is 10.1. The molecule has 2 aromatic heterocycles. The summed E-state index contributed by atoms with van der Waals surface area (Å²) in [6, 6.07) is 7.58. The zero-order valence-corrected chi connectivity index (χ0v) is 22.2. The molecule has 4 rings (SSSR count). The molecule has 2 aliphatic rings. The van der Waals surface area contributed by atoms with Crippen LogP contribution in [0.25, 0.3) is 0 Å². The standard InChI is InChI=1S/C12H14ClN3S.C11H14ClNO3S.2CH4/c1-17(16-8-14)11-4-2-9(6-11)10-3-5-12(13)15-7-10;1-17(14,15)16-10-4-2-8(6-10)9-3-5-11(12)13-7-9;;/h3,5,7,9,11H,2,4,6H2,1H3;3,5,7-8,10H,2,4,6H2,1H3;2*1H4. The fourth-order valence-corrected chi connectivity index (χ4v) is 6.69. The number of aromatic nitrogens is 2. The van der Waals surface area contributed by atoms with Crippen LogP contribution >= 0.6 is 23.2 Å². The molecule has 0 aliphatic heterocycles. The monoisotopic (exact) mass is 574 g/mol. The smallest absolute Gasteiger partial charge is 0.264 e. The molecule has 0 spiro atoms. The summed E-state index contributed by atoms with van der Waals surface area (Å²) in [4.78, 5) is 8.15. The van der Waals surface area contributed by atoms with Gasteiger partial charge in [0.25, 0.3) is 10.1 Å². The van der Waals surface area contributed by atoms with Crippen LogP contribution in [0.1, 0.15) is 76.3 Å². The third-order valence-corrected chi connectivity index (χ3v) is 9.02. The summed E-state index contributed by atoms with van der Waals surface area (Å²) in [7, 11) is -3.48. The summed E-state index contributed by atoms with van der Waals surface area (Å²) in [6.45, 7) is 0. The highest BCUT2D eigenvalue weighted by atomic mass is 35.5. The number of pyridine rings is 2. The molecule has 0 radical (unpaired) electrons. The van der Waals surface area contributed by atoms with E-state index >= 15 is 0 Å². The van der Waals surface area contributed by atoms with Gasteiger partial charge < -0.3 is 0 Å². The Labute approximate surface area is 228 Å². The van der Waals surface area contributed by atoms with Gasteiger partial charge in [0.1, 0.15) is 10.3 Å². The van der Waals surface area contributed by atoms with Crippen LogP contribution < -0.4 is 0 Å². The predicted molar refractivity (Wildman–Crippen MR) is 150 cm³/mol. The lowest BCUT2D eigenvalue weighted by Crippen LogP contribution is -2.14. The van der Waals surface area contributed by atoms with Crippen LogP contribution in [0.2, 0.25) is 10.3 Å². The molecule has 0 aromatic carbocycles. The van der Waals surface area contributed by atoms with Crippen molar-refractivity contribution in [2.75, 3.05) is 12.5 Å². The first-order chi connectivity index (χ1) is 16.1. The minimum atomic E-state index is -3.36. The van der Waals surface area contributed by atoms with Crippen LogP contribution in [-0.4, -0.2) is 42.3 Å². The van der Waals surface area contributed by atoms with Crippen LogP contribution in [-0.2, 0) is 25.0 Å². The lowest BCUT2D eigenvalue weighted by atomic mass is 10.00. The van der Waals surface area contributed by atoms with Crippen molar-refractivity contribution in [2.24, 2.45) is 4.36 Å². The van der Waals surface area contributed by atoms with Crippen LogP contribution in [0.4, 0.5) is 0 Å². The molecule has 2 heterocycles. The van der Waals surface area contributed by atoms with Crippen molar-refractivity contribution in [2.45, 2.75) is 76.6 Å². The van der Waals surface area contributed by atoms with Gasteiger partial charge in [0.05, 0.1) is 12.4 Å². The highest BCUT2D eigenvalue weighted by Gasteiger charge is 2.29. The van der Waals surface area contributed by atoms with E-state index in [9.17, 15) is 8.42 Å². The molecule has 0 N–H and O–H groups in total. The largest absolute Gasteiger partial charge is 0.267 e. The second-order valence-electron chi connectivity index (χ2n) is 8.61. The van der Waals surface area contributed by atoms with Gasteiger partial charge in [0, 0.05) is 17.6 Å². The van der Waals surface area contributed by atoms with Gasteiger partial charge in [0.2, 0.25) is 6.19 Å². The van der Waals surface area contributed by atoms with E-state index in [1.54, 1.807) is 12.3 Å². The van der Waals surface area contributed by atoms with Crippen LogP contribution in [0.3, 0.4) is 0 Å². The van der Waals surface area contributed by atoms with Crippen molar-refractivity contribution in [3.63, 3.8) is 0 Å². The summed E-state index contributed by atoms with van der Waals surface area (Å²) in [6.07, 6.45) is 14.3.